The second-order valence-corrected chi connectivity index (χ2v) is 6.49. The van der Waals surface area contributed by atoms with Crippen molar-refractivity contribution in [1.29, 1.82) is 0 Å². The van der Waals surface area contributed by atoms with Crippen molar-refractivity contribution >= 4 is 17.5 Å². The van der Waals surface area contributed by atoms with E-state index >= 15 is 0 Å². The predicted molar refractivity (Wildman–Crippen MR) is 110 cm³/mol. The molecule has 0 spiro atoms. The van der Waals surface area contributed by atoms with E-state index in [4.69, 9.17) is 4.74 Å². The summed E-state index contributed by atoms with van der Waals surface area (Å²) < 4.78 is 5.84. The van der Waals surface area contributed by atoms with Gasteiger partial charge in [0, 0.05) is 12.7 Å². The third kappa shape index (κ3) is 4.98. The Morgan fingerprint density at radius 3 is 2.25 bits per heavy atom. The fraction of sp³-hybridized carbons (Fsp3) is 0.130. The summed E-state index contributed by atoms with van der Waals surface area (Å²) in [6.45, 7) is 1.92. The lowest BCUT2D eigenvalue weighted by Gasteiger charge is -2.19. The Kier molecular flexibility index (Phi) is 6.07. The number of para-hydroxylation sites is 2. The molecule has 5 heteroatoms. The van der Waals surface area contributed by atoms with Crippen LogP contribution in [0.25, 0.3) is 0 Å². The number of benzene rings is 3. The monoisotopic (exact) mass is 374 g/mol. The van der Waals surface area contributed by atoms with E-state index in [9.17, 15) is 9.59 Å². The predicted octanol–water partition coefficient (Wildman–Crippen LogP) is 4.50. The van der Waals surface area contributed by atoms with Gasteiger partial charge in [0.1, 0.15) is 11.5 Å². The molecule has 5 nitrogen and oxygen atoms in total. The summed E-state index contributed by atoms with van der Waals surface area (Å²) >= 11 is 0. The van der Waals surface area contributed by atoms with Gasteiger partial charge < -0.3 is 15.0 Å². The molecule has 3 aromatic rings. The minimum Gasteiger partial charge on any atom is -0.457 e. The molecule has 0 aromatic heterocycles. The summed E-state index contributed by atoms with van der Waals surface area (Å²) in [7, 11) is 1.59. The zero-order valence-corrected chi connectivity index (χ0v) is 15.9. The van der Waals surface area contributed by atoms with E-state index in [-0.39, 0.29) is 18.4 Å². The number of likely N-dealkylation sites (N-methyl/N-ethyl adjacent to an activating group) is 1. The molecule has 3 aromatic carbocycles. The van der Waals surface area contributed by atoms with Gasteiger partial charge >= 0.3 is 0 Å². The molecule has 0 saturated heterocycles. The zero-order chi connectivity index (χ0) is 19.9. The van der Waals surface area contributed by atoms with Gasteiger partial charge in [-0.15, -0.1) is 0 Å². The summed E-state index contributed by atoms with van der Waals surface area (Å²) in [5.41, 5.74) is 2.21. The molecule has 0 aliphatic heterocycles. The number of carbonyl (C=O) groups is 2. The second kappa shape index (κ2) is 8.86. The summed E-state index contributed by atoms with van der Waals surface area (Å²) in [6, 6.07) is 23.8. The van der Waals surface area contributed by atoms with Crippen LogP contribution >= 0.6 is 0 Å². The van der Waals surface area contributed by atoms with Gasteiger partial charge in [-0.1, -0.05) is 48.0 Å². The van der Waals surface area contributed by atoms with Crippen LogP contribution < -0.4 is 10.1 Å². The smallest absolute Gasteiger partial charge is 0.257 e. The lowest BCUT2D eigenvalue weighted by Crippen LogP contribution is -2.35. The molecular weight excluding hydrogens is 352 g/mol. The summed E-state index contributed by atoms with van der Waals surface area (Å²) in [6.07, 6.45) is 0. The van der Waals surface area contributed by atoms with Crippen molar-refractivity contribution in [3.05, 3.63) is 90.0 Å². The molecule has 0 bridgehead atoms. The Bertz CT molecular complexity index is 953. The van der Waals surface area contributed by atoms with E-state index in [2.05, 4.69) is 5.32 Å². The highest BCUT2D eigenvalue weighted by Crippen LogP contribution is 2.25. The van der Waals surface area contributed by atoms with Crippen LogP contribution in [0.15, 0.2) is 78.9 Å². The third-order valence-electron chi connectivity index (χ3n) is 4.15. The number of anilines is 1. The molecule has 142 valence electrons. The quantitative estimate of drug-likeness (QED) is 0.691. The lowest BCUT2D eigenvalue weighted by atomic mass is 10.1. The van der Waals surface area contributed by atoms with E-state index in [1.165, 1.54) is 4.90 Å². The number of amides is 2. The highest BCUT2D eigenvalue weighted by atomic mass is 16.5. The number of nitrogens with zero attached hydrogens (tertiary/aromatic N) is 1. The van der Waals surface area contributed by atoms with Crippen LogP contribution in [0, 0.1) is 6.92 Å². The molecule has 0 aliphatic carbocycles. The molecule has 0 saturated carbocycles. The van der Waals surface area contributed by atoms with Crippen molar-refractivity contribution in [3.63, 3.8) is 0 Å². The fourth-order valence-electron chi connectivity index (χ4n) is 2.68. The van der Waals surface area contributed by atoms with Crippen LogP contribution in [0.3, 0.4) is 0 Å². The van der Waals surface area contributed by atoms with E-state index < -0.39 is 0 Å². The molecule has 0 atom stereocenters. The molecule has 3 rings (SSSR count). The molecule has 0 fully saturated rings. The van der Waals surface area contributed by atoms with Crippen LogP contribution in [0.5, 0.6) is 11.5 Å². The summed E-state index contributed by atoms with van der Waals surface area (Å²) in [5, 5.41) is 2.80. The normalized spacial score (nSPS) is 10.2. The first-order chi connectivity index (χ1) is 13.5. The summed E-state index contributed by atoms with van der Waals surface area (Å²) in [5.74, 6) is 0.541. The van der Waals surface area contributed by atoms with Gasteiger partial charge in [0.05, 0.1) is 12.1 Å². The average molecular weight is 374 g/mol. The van der Waals surface area contributed by atoms with E-state index in [1.54, 1.807) is 31.3 Å². The van der Waals surface area contributed by atoms with Crippen LogP contribution in [-0.4, -0.2) is 30.3 Å². The number of carbonyl (C=O) groups excluding carboxylic acids is 2. The maximum atomic E-state index is 12.9. The van der Waals surface area contributed by atoms with Crippen molar-refractivity contribution in [2.24, 2.45) is 0 Å². The van der Waals surface area contributed by atoms with Gasteiger partial charge in [0.25, 0.3) is 5.91 Å². The Labute approximate surface area is 164 Å². The molecule has 0 heterocycles. The van der Waals surface area contributed by atoms with Gasteiger partial charge in [-0.2, -0.15) is 0 Å². The van der Waals surface area contributed by atoms with E-state index in [0.717, 1.165) is 5.56 Å². The number of nitrogens with one attached hydrogen (secondary N) is 1. The topological polar surface area (TPSA) is 58.6 Å². The first-order valence-electron chi connectivity index (χ1n) is 8.97. The van der Waals surface area contributed by atoms with Gasteiger partial charge in [0.15, 0.2) is 0 Å². The lowest BCUT2D eigenvalue weighted by molar-refractivity contribution is -0.116. The van der Waals surface area contributed by atoms with Crippen molar-refractivity contribution in [2.75, 3.05) is 18.9 Å². The number of hydrogen-bond donors (Lipinski definition) is 1. The first-order valence-corrected chi connectivity index (χ1v) is 8.97. The molecule has 28 heavy (non-hydrogen) atoms. The largest absolute Gasteiger partial charge is 0.457 e. The maximum absolute atomic E-state index is 12.9. The second-order valence-electron chi connectivity index (χ2n) is 6.49. The number of ether oxygens (including phenoxy) is 1. The molecule has 2 amide bonds. The van der Waals surface area contributed by atoms with E-state index in [0.29, 0.717) is 22.7 Å². The van der Waals surface area contributed by atoms with Crippen molar-refractivity contribution < 1.29 is 14.3 Å². The van der Waals surface area contributed by atoms with Gasteiger partial charge in [-0.3, -0.25) is 9.59 Å². The minimum atomic E-state index is -0.286. The molecular formula is C23H22N2O3. The van der Waals surface area contributed by atoms with Crippen LogP contribution in [0.1, 0.15) is 15.9 Å². The standard InChI is InChI=1S/C23H22N2O3/c1-17-12-14-18(15-13-17)24-22(26)16-25(2)23(27)20-10-6-7-11-21(20)28-19-8-4-3-5-9-19/h3-15H,16H2,1-2H3,(H,24,26). The average Bonchev–Trinajstić information content (AvgIpc) is 2.70. The SMILES string of the molecule is Cc1ccc(NC(=O)CN(C)C(=O)c2ccccc2Oc2ccccc2)cc1. The number of hydrogen-bond acceptors (Lipinski definition) is 3. The highest BCUT2D eigenvalue weighted by molar-refractivity contribution is 6.00. The van der Waals surface area contributed by atoms with Gasteiger partial charge in [0.2, 0.25) is 5.91 Å². The van der Waals surface area contributed by atoms with Crippen molar-refractivity contribution in [2.45, 2.75) is 6.92 Å². The van der Waals surface area contributed by atoms with Gasteiger partial charge in [-0.25, -0.2) is 0 Å². The van der Waals surface area contributed by atoms with Crippen LogP contribution in [-0.2, 0) is 4.79 Å². The Morgan fingerprint density at radius 2 is 1.54 bits per heavy atom. The Hall–Kier alpha value is -3.60. The molecule has 0 radical (unpaired) electrons. The number of rotatable bonds is 6. The summed E-state index contributed by atoms with van der Waals surface area (Å²) in [4.78, 5) is 26.5. The van der Waals surface area contributed by atoms with Crippen LogP contribution in [0.2, 0.25) is 0 Å². The Balaban J connectivity index is 1.67. The Morgan fingerprint density at radius 1 is 0.893 bits per heavy atom. The molecule has 1 N–H and O–H groups in total. The minimum absolute atomic E-state index is 0.0631. The van der Waals surface area contributed by atoms with E-state index in [1.807, 2.05) is 61.5 Å². The maximum Gasteiger partial charge on any atom is 0.257 e. The third-order valence-corrected chi connectivity index (χ3v) is 4.15. The van der Waals surface area contributed by atoms with Crippen LogP contribution in [0.4, 0.5) is 5.69 Å². The zero-order valence-electron chi connectivity index (χ0n) is 15.9. The first kappa shape index (κ1) is 19.2. The number of aryl methyl sites for hydroxylation is 1. The highest BCUT2D eigenvalue weighted by Gasteiger charge is 2.19. The van der Waals surface area contributed by atoms with Gasteiger partial charge in [-0.05, 0) is 43.3 Å². The van der Waals surface area contributed by atoms with Crippen molar-refractivity contribution in [1.82, 2.24) is 4.90 Å². The fourth-order valence-corrected chi connectivity index (χ4v) is 2.68. The molecule has 0 aliphatic rings. The molecule has 0 unspecified atom stereocenters. The van der Waals surface area contributed by atoms with Crippen molar-refractivity contribution in [3.8, 4) is 11.5 Å².